The fourth-order valence-electron chi connectivity index (χ4n) is 2.55. The SMILES string of the molecule is CCOC(=O)c1cnc2nc(-c3cc(OC)c(OC)c(OC)c3)[nH]n2c1=O. The van der Waals surface area contributed by atoms with Gasteiger partial charge >= 0.3 is 5.97 Å². The minimum Gasteiger partial charge on any atom is -0.493 e. The molecule has 0 fully saturated rings. The Kier molecular flexibility index (Phi) is 4.97. The minimum absolute atomic E-state index is 0.108. The number of benzene rings is 1. The first-order chi connectivity index (χ1) is 13.0. The Labute approximate surface area is 153 Å². The Morgan fingerprint density at radius 3 is 2.37 bits per heavy atom. The van der Waals surface area contributed by atoms with Crippen molar-refractivity contribution in [2.75, 3.05) is 27.9 Å². The van der Waals surface area contributed by atoms with Gasteiger partial charge in [0.25, 0.3) is 11.3 Å². The third-order valence-electron chi connectivity index (χ3n) is 3.81. The second kappa shape index (κ2) is 7.36. The molecule has 0 saturated carbocycles. The molecule has 27 heavy (non-hydrogen) atoms. The normalized spacial score (nSPS) is 10.7. The Bertz CT molecular complexity index is 1030. The van der Waals surface area contributed by atoms with E-state index in [2.05, 4.69) is 15.1 Å². The van der Waals surface area contributed by atoms with Gasteiger partial charge < -0.3 is 18.9 Å². The summed E-state index contributed by atoms with van der Waals surface area (Å²) >= 11 is 0. The van der Waals surface area contributed by atoms with Gasteiger partial charge in [-0.15, -0.1) is 0 Å². The zero-order chi connectivity index (χ0) is 19.6. The number of aromatic amines is 1. The number of methoxy groups -OCH3 is 3. The minimum atomic E-state index is -0.742. The van der Waals surface area contributed by atoms with Crippen LogP contribution in [-0.2, 0) is 4.74 Å². The maximum absolute atomic E-state index is 12.5. The van der Waals surface area contributed by atoms with Crippen LogP contribution in [0.3, 0.4) is 0 Å². The molecule has 142 valence electrons. The molecule has 0 bridgehead atoms. The van der Waals surface area contributed by atoms with Crippen LogP contribution in [-0.4, -0.2) is 53.5 Å². The molecule has 2 aromatic heterocycles. The summed E-state index contributed by atoms with van der Waals surface area (Å²) in [6, 6.07) is 3.35. The first-order valence-electron chi connectivity index (χ1n) is 7.99. The molecular weight excluding hydrogens is 356 g/mol. The molecule has 0 aliphatic heterocycles. The standard InChI is InChI=1S/C17H18N4O6/c1-5-27-16(23)10-8-18-17-19-14(20-21(17)15(10)22)9-6-11(24-2)13(26-4)12(7-9)25-3/h6-8H,5H2,1-4H3,(H,18,19,20). The van der Waals surface area contributed by atoms with Gasteiger partial charge in [0.15, 0.2) is 17.3 Å². The lowest BCUT2D eigenvalue weighted by Gasteiger charge is -2.13. The lowest BCUT2D eigenvalue weighted by Crippen LogP contribution is -2.24. The number of carbonyl (C=O) groups is 1. The van der Waals surface area contributed by atoms with Crippen LogP contribution in [0.25, 0.3) is 17.2 Å². The van der Waals surface area contributed by atoms with Gasteiger partial charge in [0.2, 0.25) is 5.75 Å². The highest BCUT2D eigenvalue weighted by molar-refractivity contribution is 5.88. The number of carbonyl (C=O) groups excluding carboxylic acids is 1. The Balaban J connectivity index is 2.14. The maximum Gasteiger partial charge on any atom is 0.345 e. The fourth-order valence-corrected chi connectivity index (χ4v) is 2.55. The summed E-state index contributed by atoms with van der Waals surface area (Å²) in [6.07, 6.45) is 1.15. The largest absolute Gasteiger partial charge is 0.493 e. The molecule has 3 rings (SSSR count). The molecular formula is C17H18N4O6. The van der Waals surface area contributed by atoms with Crippen LogP contribution < -0.4 is 19.8 Å². The van der Waals surface area contributed by atoms with Gasteiger partial charge in [0.05, 0.1) is 34.1 Å². The van der Waals surface area contributed by atoms with E-state index in [4.69, 9.17) is 18.9 Å². The lowest BCUT2D eigenvalue weighted by atomic mass is 10.1. The van der Waals surface area contributed by atoms with Crippen molar-refractivity contribution in [1.82, 2.24) is 19.6 Å². The second-order valence-electron chi connectivity index (χ2n) is 5.32. The van der Waals surface area contributed by atoms with E-state index < -0.39 is 11.5 Å². The van der Waals surface area contributed by atoms with E-state index in [0.29, 0.717) is 28.6 Å². The highest BCUT2D eigenvalue weighted by Crippen LogP contribution is 2.40. The maximum atomic E-state index is 12.5. The molecule has 0 spiro atoms. The molecule has 0 aliphatic carbocycles. The van der Waals surface area contributed by atoms with Gasteiger partial charge in [0, 0.05) is 5.56 Å². The monoisotopic (exact) mass is 374 g/mol. The van der Waals surface area contributed by atoms with E-state index in [1.807, 2.05) is 0 Å². The quantitative estimate of drug-likeness (QED) is 0.642. The average Bonchev–Trinajstić information content (AvgIpc) is 3.12. The van der Waals surface area contributed by atoms with Gasteiger partial charge in [-0.1, -0.05) is 0 Å². The van der Waals surface area contributed by atoms with Crippen LogP contribution in [0.5, 0.6) is 17.2 Å². The van der Waals surface area contributed by atoms with Crippen LogP contribution in [0.1, 0.15) is 17.3 Å². The van der Waals surface area contributed by atoms with Crippen molar-refractivity contribution in [3.05, 3.63) is 34.2 Å². The number of aromatic nitrogens is 4. The summed E-state index contributed by atoms with van der Waals surface area (Å²) < 4.78 is 21.9. The zero-order valence-corrected chi connectivity index (χ0v) is 15.2. The number of nitrogens with zero attached hydrogens (tertiary/aromatic N) is 3. The number of fused-ring (bicyclic) bond motifs is 1. The van der Waals surface area contributed by atoms with Gasteiger partial charge in [-0.2, -0.15) is 9.50 Å². The van der Waals surface area contributed by atoms with Crippen molar-refractivity contribution in [2.24, 2.45) is 0 Å². The van der Waals surface area contributed by atoms with E-state index in [9.17, 15) is 9.59 Å². The summed E-state index contributed by atoms with van der Waals surface area (Å²) in [5.74, 6) is 0.990. The smallest absolute Gasteiger partial charge is 0.345 e. The van der Waals surface area contributed by atoms with Crippen LogP contribution >= 0.6 is 0 Å². The molecule has 0 aliphatic rings. The van der Waals surface area contributed by atoms with Gasteiger partial charge in [0.1, 0.15) is 5.56 Å². The number of rotatable bonds is 6. The molecule has 0 amide bonds. The molecule has 10 heteroatoms. The summed E-state index contributed by atoms with van der Waals surface area (Å²) in [5, 5.41) is 2.83. The third kappa shape index (κ3) is 3.16. The fraction of sp³-hybridized carbons (Fsp3) is 0.294. The number of hydrogen-bond acceptors (Lipinski definition) is 8. The number of nitrogens with one attached hydrogen (secondary N) is 1. The first-order valence-corrected chi connectivity index (χ1v) is 7.99. The summed E-state index contributed by atoms with van der Waals surface area (Å²) in [5.41, 5.74) is -0.217. The van der Waals surface area contributed by atoms with Gasteiger partial charge in [-0.3, -0.25) is 9.89 Å². The first kappa shape index (κ1) is 18.2. The predicted octanol–water partition coefficient (Wildman–Crippen LogP) is 1.29. The van der Waals surface area contributed by atoms with Crippen LogP contribution in [0, 0.1) is 0 Å². The highest BCUT2D eigenvalue weighted by Gasteiger charge is 2.19. The number of H-pyrrole nitrogens is 1. The predicted molar refractivity (Wildman–Crippen MR) is 94.7 cm³/mol. The van der Waals surface area contributed by atoms with E-state index >= 15 is 0 Å². The Morgan fingerprint density at radius 1 is 1.15 bits per heavy atom. The molecule has 10 nitrogen and oxygen atoms in total. The van der Waals surface area contributed by atoms with E-state index in [0.717, 1.165) is 10.7 Å². The van der Waals surface area contributed by atoms with Crippen LogP contribution in [0.2, 0.25) is 0 Å². The summed E-state index contributed by atoms with van der Waals surface area (Å²) in [4.78, 5) is 32.7. The number of esters is 1. The molecule has 0 radical (unpaired) electrons. The highest BCUT2D eigenvalue weighted by atomic mass is 16.5. The number of hydrogen-bond donors (Lipinski definition) is 1. The molecule has 0 saturated heterocycles. The Morgan fingerprint density at radius 2 is 1.81 bits per heavy atom. The summed E-state index contributed by atoms with van der Waals surface area (Å²) in [7, 11) is 4.50. The van der Waals surface area contributed by atoms with E-state index in [-0.39, 0.29) is 17.9 Å². The van der Waals surface area contributed by atoms with Crippen molar-refractivity contribution in [3.63, 3.8) is 0 Å². The van der Waals surface area contributed by atoms with Crippen molar-refractivity contribution in [2.45, 2.75) is 6.92 Å². The van der Waals surface area contributed by atoms with Crippen molar-refractivity contribution < 1.29 is 23.7 Å². The average molecular weight is 374 g/mol. The molecule has 1 aromatic carbocycles. The molecule has 0 unspecified atom stereocenters. The summed E-state index contributed by atoms with van der Waals surface area (Å²) in [6.45, 7) is 1.81. The molecule has 2 heterocycles. The van der Waals surface area contributed by atoms with E-state index in [1.165, 1.54) is 21.3 Å². The van der Waals surface area contributed by atoms with Crippen molar-refractivity contribution in [1.29, 1.82) is 0 Å². The third-order valence-corrected chi connectivity index (χ3v) is 3.81. The topological polar surface area (TPSA) is 117 Å². The molecule has 1 N–H and O–H groups in total. The molecule has 0 atom stereocenters. The zero-order valence-electron chi connectivity index (χ0n) is 15.2. The van der Waals surface area contributed by atoms with Crippen LogP contribution in [0.15, 0.2) is 23.1 Å². The second-order valence-corrected chi connectivity index (χ2v) is 5.32. The van der Waals surface area contributed by atoms with Crippen molar-refractivity contribution >= 4 is 11.7 Å². The Hall–Kier alpha value is -3.56. The van der Waals surface area contributed by atoms with Crippen LogP contribution in [0.4, 0.5) is 0 Å². The molecule has 3 aromatic rings. The number of ether oxygens (including phenoxy) is 4. The van der Waals surface area contributed by atoms with Gasteiger partial charge in [-0.25, -0.2) is 9.78 Å². The van der Waals surface area contributed by atoms with Gasteiger partial charge in [-0.05, 0) is 19.1 Å². The lowest BCUT2D eigenvalue weighted by molar-refractivity contribution is 0.0523. The van der Waals surface area contributed by atoms with E-state index in [1.54, 1.807) is 19.1 Å². The van der Waals surface area contributed by atoms with Crippen molar-refractivity contribution in [3.8, 4) is 28.6 Å².